The maximum absolute atomic E-state index is 5.99. The van der Waals surface area contributed by atoms with Crippen LogP contribution in [-0.2, 0) is 0 Å². The van der Waals surface area contributed by atoms with E-state index in [4.69, 9.17) is 5.73 Å². The molecule has 1 aromatic heterocycles. The summed E-state index contributed by atoms with van der Waals surface area (Å²) >= 11 is 0. The van der Waals surface area contributed by atoms with Crippen molar-refractivity contribution < 1.29 is 0 Å². The second-order valence-corrected chi connectivity index (χ2v) is 4.71. The molecule has 2 fully saturated rings. The standard InChI is InChI=1S/C11H18N4/c12-9-2-1-6-14(8-9)11-13-5-7-15(11)10-3-4-10/h5,7,9-10H,1-4,6,8,12H2. The van der Waals surface area contributed by atoms with Gasteiger partial charge in [-0.2, -0.15) is 0 Å². The number of piperidine rings is 1. The minimum absolute atomic E-state index is 0.322. The van der Waals surface area contributed by atoms with Crippen molar-refractivity contribution in [3.63, 3.8) is 0 Å². The van der Waals surface area contributed by atoms with Crippen molar-refractivity contribution in [2.75, 3.05) is 18.0 Å². The normalized spacial score (nSPS) is 27.0. The Morgan fingerprint density at radius 1 is 1.33 bits per heavy atom. The predicted molar refractivity (Wildman–Crippen MR) is 59.9 cm³/mol. The van der Waals surface area contributed by atoms with Gasteiger partial charge in [-0.25, -0.2) is 4.98 Å². The molecule has 15 heavy (non-hydrogen) atoms. The van der Waals surface area contributed by atoms with Crippen LogP contribution in [0.3, 0.4) is 0 Å². The number of aromatic nitrogens is 2. The number of imidazole rings is 1. The van der Waals surface area contributed by atoms with E-state index < -0.39 is 0 Å². The molecule has 1 aromatic rings. The number of nitrogens with zero attached hydrogens (tertiary/aromatic N) is 3. The van der Waals surface area contributed by atoms with Crippen molar-refractivity contribution in [2.24, 2.45) is 5.73 Å². The Kier molecular flexibility index (Phi) is 2.16. The Labute approximate surface area is 90.1 Å². The summed E-state index contributed by atoms with van der Waals surface area (Å²) in [5, 5.41) is 0. The van der Waals surface area contributed by atoms with E-state index in [1.165, 1.54) is 19.3 Å². The second-order valence-electron chi connectivity index (χ2n) is 4.71. The molecular formula is C11H18N4. The predicted octanol–water partition coefficient (Wildman–Crippen LogP) is 1.15. The lowest BCUT2D eigenvalue weighted by atomic mass is 10.1. The summed E-state index contributed by atoms with van der Waals surface area (Å²) in [5.74, 6) is 1.13. The van der Waals surface area contributed by atoms with E-state index in [-0.39, 0.29) is 0 Å². The summed E-state index contributed by atoms with van der Waals surface area (Å²) in [4.78, 5) is 6.81. The third-order valence-electron chi connectivity index (χ3n) is 3.33. The number of hydrogen-bond acceptors (Lipinski definition) is 3. The molecule has 0 bridgehead atoms. The van der Waals surface area contributed by atoms with Crippen LogP contribution >= 0.6 is 0 Å². The van der Waals surface area contributed by atoms with Crippen LogP contribution in [0, 0.1) is 0 Å². The van der Waals surface area contributed by atoms with Crippen LogP contribution in [0.25, 0.3) is 0 Å². The Hall–Kier alpha value is -1.03. The fraction of sp³-hybridized carbons (Fsp3) is 0.727. The van der Waals surface area contributed by atoms with E-state index in [0.717, 1.165) is 25.5 Å². The maximum Gasteiger partial charge on any atom is 0.205 e. The highest BCUT2D eigenvalue weighted by atomic mass is 15.3. The highest BCUT2D eigenvalue weighted by Gasteiger charge is 2.28. The molecule has 0 radical (unpaired) electrons. The first-order valence-corrected chi connectivity index (χ1v) is 5.88. The van der Waals surface area contributed by atoms with Gasteiger partial charge < -0.3 is 15.2 Å². The quantitative estimate of drug-likeness (QED) is 0.789. The maximum atomic E-state index is 5.99. The highest BCUT2D eigenvalue weighted by molar-refractivity contribution is 5.33. The van der Waals surface area contributed by atoms with Crippen LogP contribution in [0.1, 0.15) is 31.7 Å². The highest BCUT2D eigenvalue weighted by Crippen LogP contribution is 2.37. The molecule has 3 rings (SSSR count). The first-order valence-electron chi connectivity index (χ1n) is 5.88. The number of nitrogens with two attached hydrogens (primary N) is 1. The molecule has 2 heterocycles. The van der Waals surface area contributed by atoms with E-state index in [1.54, 1.807) is 0 Å². The van der Waals surface area contributed by atoms with Crippen LogP contribution in [0.5, 0.6) is 0 Å². The van der Waals surface area contributed by atoms with Crippen molar-refractivity contribution >= 4 is 5.95 Å². The summed E-state index contributed by atoms with van der Waals surface area (Å²) in [5.41, 5.74) is 5.99. The average Bonchev–Trinajstić information content (AvgIpc) is 2.96. The van der Waals surface area contributed by atoms with Crippen LogP contribution in [0.4, 0.5) is 5.95 Å². The van der Waals surface area contributed by atoms with Crippen LogP contribution in [0.2, 0.25) is 0 Å². The third kappa shape index (κ3) is 1.74. The van der Waals surface area contributed by atoms with Gasteiger partial charge >= 0.3 is 0 Å². The summed E-state index contributed by atoms with van der Waals surface area (Å²) in [6, 6.07) is 1.03. The molecule has 1 aliphatic heterocycles. The number of hydrogen-bond donors (Lipinski definition) is 1. The molecule has 0 aromatic carbocycles. The lowest BCUT2D eigenvalue weighted by Gasteiger charge is -2.31. The fourth-order valence-corrected chi connectivity index (χ4v) is 2.38. The van der Waals surface area contributed by atoms with Crippen molar-refractivity contribution in [3.8, 4) is 0 Å². The second kappa shape index (κ2) is 3.52. The molecule has 82 valence electrons. The topological polar surface area (TPSA) is 47.1 Å². The largest absolute Gasteiger partial charge is 0.341 e. The molecule has 1 saturated heterocycles. The van der Waals surface area contributed by atoms with Crippen molar-refractivity contribution in [3.05, 3.63) is 12.4 Å². The smallest absolute Gasteiger partial charge is 0.205 e. The van der Waals surface area contributed by atoms with Crippen molar-refractivity contribution in [2.45, 2.75) is 37.8 Å². The van der Waals surface area contributed by atoms with Crippen LogP contribution in [-0.4, -0.2) is 28.7 Å². The van der Waals surface area contributed by atoms with Gasteiger partial charge in [0.25, 0.3) is 0 Å². The van der Waals surface area contributed by atoms with Crippen molar-refractivity contribution in [1.29, 1.82) is 0 Å². The van der Waals surface area contributed by atoms with Gasteiger partial charge in [-0.05, 0) is 25.7 Å². The van der Waals surface area contributed by atoms with E-state index in [0.29, 0.717) is 12.1 Å². The first-order chi connectivity index (χ1) is 7.34. The van der Waals surface area contributed by atoms with Gasteiger partial charge in [-0.15, -0.1) is 0 Å². The van der Waals surface area contributed by atoms with Crippen molar-refractivity contribution in [1.82, 2.24) is 9.55 Å². The van der Waals surface area contributed by atoms with Gasteiger partial charge in [0, 0.05) is 37.6 Å². The molecule has 0 amide bonds. The molecule has 2 aliphatic rings. The lowest BCUT2D eigenvalue weighted by molar-refractivity contribution is 0.493. The monoisotopic (exact) mass is 206 g/mol. The first kappa shape index (κ1) is 9.21. The SMILES string of the molecule is NC1CCCN(c2nccn2C2CC2)C1. The lowest BCUT2D eigenvalue weighted by Crippen LogP contribution is -2.43. The molecule has 0 spiro atoms. The number of rotatable bonds is 2. The molecule has 2 N–H and O–H groups in total. The van der Waals surface area contributed by atoms with Gasteiger partial charge in [0.1, 0.15) is 0 Å². The zero-order valence-corrected chi connectivity index (χ0v) is 8.97. The van der Waals surface area contributed by atoms with E-state index in [9.17, 15) is 0 Å². The summed E-state index contributed by atoms with van der Waals surface area (Å²) in [6.45, 7) is 2.07. The van der Waals surface area contributed by atoms with E-state index >= 15 is 0 Å². The van der Waals surface area contributed by atoms with Gasteiger partial charge in [-0.3, -0.25) is 0 Å². The van der Waals surface area contributed by atoms with E-state index in [2.05, 4.69) is 20.6 Å². The Balaban J connectivity index is 1.81. The van der Waals surface area contributed by atoms with E-state index in [1.807, 2.05) is 6.20 Å². The van der Waals surface area contributed by atoms with Gasteiger partial charge in [0.2, 0.25) is 5.95 Å². The summed E-state index contributed by atoms with van der Waals surface area (Å²) in [7, 11) is 0. The summed E-state index contributed by atoms with van der Waals surface area (Å²) in [6.07, 6.45) is 8.98. The third-order valence-corrected chi connectivity index (χ3v) is 3.33. The molecule has 4 heteroatoms. The molecule has 4 nitrogen and oxygen atoms in total. The minimum Gasteiger partial charge on any atom is -0.341 e. The molecular weight excluding hydrogens is 188 g/mol. The van der Waals surface area contributed by atoms with Gasteiger partial charge in [0.05, 0.1) is 0 Å². The van der Waals surface area contributed by atoms with Gasteiger partial charge in [0.15, 0.2) is 0 Å². The molecule has 1 saturated carbocycles. The van der Waals surface area contributed by atoms with Gasteiger partial charge in [-0.1, -0.05) is 0 Å². The minimum atomic E-state index is 0.322. The molecule has 1 unspecified atom stereocenters. The van der Waals surface area contributed by atoms with Crippen LogP contribution in [0.15, 0.2) is 12.4 Å². The zero-order valence-electron chi connectivity index (χ0n) is 8.97. The molecule has 1 atom stereocenters. The average molecular weight is 206 g/mol. The molecule has 1 aliphatic carbocycles. The zero-order chi connectivity index (χ0) is 10.3. The fourth-order valence-electron chi connectivity index (χ4n) is 2.38. The van der Waals surface area contributed by atoms with Crippen LogP contribution < -0.4 is 10.6 Å². The number of anilines is 1. The Morgan fingerprint density at radius 2 is 2.20 bits per heavy atom. The Bertz CT molecular complexity index is 342. The summed E-state index contributed by atoms with van der Waals surface area (Å²) < 4.78 is 2.32. The Morgan fingerprint density at radius 3 is 2.93 bits per heavy atom.